The van der Waals surface area contributed by atoms with Gasteiger partial charge in [-0.15, -0.1) is 10.2 Å². The Morgan fingerprint density at radius 2 is 1.97 bits per heavy atom. The van der Waals surface area contributed by atoms with Crippen LogP contribution in [0, 0.1) is 6.92 Å². The van der Waals surface area contributed by atoms with Crippen molar-refractivity contribution in [2.75, 3.05) is 18.6 Å². The zero-order valence-electron chi connectivity index (χ0n) is 20.7. The van der Waals surface area contributed by atoms with Crippen LogP contribution in [0.15, 0.2) is 47.8 Å². The van der Waals surface area contributed by atoms with Crippen molar-refractivity contribution in [2.45, 2.75) is 42.1 Å². The first-order valence-electron chi connectivity index (χ1n) is 12.0. The number of carbonyl (C=O) groups excluding carboxylic acids is 1. The Kier molecular flexibility index (Phi) is 6.10. The molecule has 0 aliphatic carbocycles. The molecule has 1 unspecified atom stereocenters. The zero-order valence-corrected chi connectivity index (χ0v) is 22.3. The van der Waals surface area contributed by atoms with Gasteiger partial charge in [-0.3, -0.25) is 4.79 Å². The highest BCUT2D eigenvalue weighted by molar-refractivity contribution is 8.01. The van der Waals surface area contributed by atoms with Gasteiger partial charge in [-0.1, -0.05) is 23.4 Å². The number of hydrogen-bond donors (Lipinski definition) is 0. The Morgan fingerprint density at radius 1 is 1.18 bits per heavy atom. The number of pyridine rings is 1. The Hall–Kier alpha value is -3.58. The van der Waals surface area contributed by atoms with Crippen LogP contribution in [0.1, 0.15) is 24.4 Å². The van der Waals surface area contributed by atoms with E-state index in [9.17, 15) is 18.0 Å². The van der Waals surface area contributed by atoms with Gasteiger partial charge in [0.25, 0.3) is 5.91 Å². The number of amides is 1. The molecule has 0 fully saturated rings. The minimum Gasteiger partial charge on any atom is -0.479 e. The first kappa shape index (κ1) is 25.7. The molecule has 5 heterocycles. The summed E-state index contributed by atoms with van der Waals surface area (Å²) in [5.74, 6) is 0.321. The quantitative estimate of drug-likeness (QED) is 0.331. The summed E-state index contributed by atoms with van der Waals surface area (Å²) in [6.07, 6.45) is -0.287. The number of thioether (sulfide) groups is 1. The number of ether oxygens (including phenoxy) is 1. The number of rotatable bonds is 4. The van der Waals surface area contributed by atoms with Crippen LogP contribution in [0.5, 0.6) is 5.88 Å². The van der Waals surface area contributed by atoms with Gasteiger partial charge in [0.05, 0.1) is 24.8 Å². The number of benzene rings is 1. The van der Waals surface area contributed by atoms with Gasteiger partial charge in [-0.25, -0.2) is 9.97 Å². The first-order valence-corrected chi connectivity index (χ1v) is 13.2. The summed E-state index contributed by atoms with van der Waals surface area (Å²) >= 11 is 7.37. The molecule has 2 aliphatic heterocycles. The van der Waals surface area contributed by atoms with Crippen molar-refractivity contribution < 1.29 is 22.7 Å². The van der Waals surface area contributed by atoms with E-state index in [0.29, 0.717) is 52.4 Å². The predicted molar refractivity (Wildman–Crippen MR) is 138 cm³/mol. The molecule has 39 heavy (non-hydrogen) atoms. The van der Waals surface area contributed by atoms with Crippen LogP contribution < -0.4 is 9.64 Å². The lowest BCUT2D eigenvalue weighted by molar-refractivity contribution is -0.134. The summed E-state index contributed by atoms with van der Waals surface area (Å²) < 4.78 is 48.5. The maximum atomic E-state index is 13.9. The van der Waals surface area contributed by atoms with Crippen LogP contribution in [-0.2, 0) is 16.1 Å². The lowest BCUT2D eigenvalue weighted by Gasteiger charge is -2.43. The minimum atomic E-state index is -4.60. The highest BCUT2D eigenvalue weighted by Crippen LogP contribution is 2.55. The van der Waals surface area contributed by atoms with E-state index in [-0.39, 0.29) is 11.5 Å². The van der Waals surface area contributed by atoms with Crippen LogP contribution in [0.2, 0.25) is 5.02 Å². The van der Waals surface area contributed by atoms with Crippen molar-refractivity contribution >= 4 is 35.0 Å². The van der Waals surface area contributed by atoms with E-state index in [2.05, 4.69) is 20.2 Å². The number of halogens is 4. The topological polar surface area (TPSA) is 91.0 Å². The molecule has 0 radical (unpaired) electrons. The molecule has 3 aromatic heterocycles. The fourth-order valence-corrected chi connectivity index (χ4v) is 6.81. The summed E-state index contributed by atoms with van der Waals surface area (Å²) in [4.78, 5) is 24.0. The summed E-state index contributed by atoms with van der Waals surface area (Å²) in [5, 5.41) is 9.07. The summed E-state index contributed by atoms with van der Waals surface area (Å²) in [6.45, 7) is 0.926. The average Bonchev–Trinajstić information content (AvgIpc) is 3.53. The second kappa shape index (κ2) is 9.26. The Morgan fingerprint density at radius 3 is 2.69 bits per heavy atom. The Bertz CT molecular complexity index is 1600. The fraction of sp³-hybridized carbons (Fsp3) is 0.320. The van der Waals surface area contributed by atoms with Gasteiger partial charge in [0.1, 0.15) is 17.9 Å². The number of aryl methyl sites for hydroxylation is 1. The standard InChI is InChI=1S/C25H21ClF3N7O2S/c1-14-11-34(13-30-14)18-7-5-16(31-21(18)38-2)20-32-33-22-24(8-3-9-35(20)22)23(37)36(12-25(27,28)29)17-6-4-15(26)10-19(17)39-24/h4-7,10-11,13H,3,8-9,12H2,1-2H3. The molecule has 0 saturated carbocycles. The molecule has 0 bridgehead atoms. The highest BCUT2D eigenvalue weighted by atomic mass is 35.5. The summed E-state index contributed by atoms with van der Waals surface area (Å²) in [7, 11) is 1.50. The van der Waals surface area contributed by atoms with E-state index >= 15 is 0 Å². The van der Waals surface area contributed by atoms with Gasteiger partial charge in [0.15, 0.2) is 16.4 Å². The van der Waals surface area contributed by atoms with Crippen LogP contribution in [0.3, 0.4) is 0 Å². The highest BCUT2D eigenvalue weighted by Gasteiger charge is 2.55. The molecule has 1 aromatic carbocycles. The lowest BCUT2D eigenvalue weighted by Crippen LogP contribution is -2.53. The molecular weight excluding hydrogens is 555 g/mol. The van der Waals surface area contributed by atoms with Crippen molar-refractivity contribution in [1.29, 1.82) is 0 Å². The third-order valence-corrected chi connectivity index (χ3v) is 8.39. The molecule has 202 valence electrons. The monoisotopic (exact) mass is 575 g/mol. The van der Waals surface area contributed by atoms with Crippen molar-refractivity contribution in [3.8, 4) is 23.1 Å². The smallest absolute Gasteiger partial charge is 0.406 e. The predicted octanol–water partition coefficient (Wildman–Crippen LogP) is 5.19. The van der Waals surface area contributed by atoms with E-state index in [0.717, 1.165) is 10.6 Å². The molecule has 4 aromatic rings. The number of alkyl halides is 3. The number of imidazole rings is 1. The second-order valence-electron chi connectivity index (χ2n) is 9.30. The zero-order chi connectivity index (χ0) is 27.5. The fourth-order valence-electron chi connectivity index (χ4n) is 5.05. The van der Waals surface area contributed by atoms with Crippen LogP contribution in [0.4, 0.5) is 18.9 Å². The van der Waals surface area contributed by atoms with Crippen LogP contribution in [0.25, 0.3) is 17.2 Å². The van der Waals surface area contributed by atoms with E-state index in [1.165, 1.54) is 31.0 Å². The van der Waals surface area contributed by atoms with Gasteiger partial charge < -0.3 is 18.8 Å². The molecular formula is C25H21ClF3N7O2S. The third kappa shape index (κ3) is 4.33. The molecule has 0 N–H and O–H groups in total. The lowest BCUT2D eigenvalue weighted by atomic mass is 9.94. The third-order valence-electron chi connectivity index (χ3n) is 6.70. The SMILES string of the molecule is COc1nc(-c2nnc3n2CCCC32Sc3cc(Cl)ccc3N(CC(F)(F)F)C2=O)ccc1-n1cnc(C)c1. The Labute approximate surface area is 230 Å². The molecule has 0 saturated heterocycles. The van der Waals surface area contributed by atoms with Crippen molar-refractivity contribution in [2.24, 2.45) is 0 Å². The molecule has 9 nitrogen and oxygen atoms in total. The van der Waals surface area contributed by atoms with Gasteiger partial charge >= 0.3 is 6.18 Å². The van der Waals surface area contributed by atoms with Gasteiger partial charge in [0, 0.05) is 22.7 Å². The van der Waals surface area contributed by atoms with E-state index in [1.54, 1.807) is 27.6 Å². The van der Waals surface area contributed by atoms with Gasteiger partial charge in [0.2, 0.25) is 5.88 Å². The van der Waals surface area contributed by atoms with Crippen LogP contribution in [-0.4, -0.2) is 55.0 Å². The van der Waals surface area contributed by atoms with Crippen molar-refractivity contribution in [3.63, 3.8) is 0 Å². The molecule has 14 heteroatoms. The molecule has 2 aliphatic rings. The minimum absolute atomic E-state index is 0.172. The number of nitrogens with zero attached hydrogens (tertiary/aromatic N) is 7. The summed E-state index contributed by atoms with van der Waals surface area (Å²) in [5.41, 5.74) is 2.12. The van der Waals surface area contributed by atoms with Crippen molar-refractivity contribution in [1.82, 2.24) is 29.3 Å². The van der Waals surface area contributed by atoms with E-state index < -0.39 is 23.4 Å². The number of methoxy groups -OCH3 is 1. The molecule has 1 amide bonds. The number of aromatic nitrogens is 6. The van der Waals surface area contributed by atoms with Gasteiger partial charge in [-0.05, 0) is 50.1 Å². The second-order valence-corrected chi connectivity index (χ2v) is 11.1. The molecule has 6 rings (SSSR count). The number of carbonyl (C=O) groups is 1. The molecule has 1 atom stereocenters. The van der Waals surface area contributed by atoms with E-state index in [4.69, 9.17) is 16.3 Å². The maximum Gasteiger partial charge on any atom is 0.406 e. The average molecular weight is 576 g/mol. The van der Waals surface area contributed by atoms with Gasteiger partial charge in [-0.2, -0.15) is 13.2 Å². The van der Waals surface area contributed by atoms with E-state index in [1.807, 2.05) is 19.2 Å². The number of fused-ring (bicyclic) bond motifs is 3. The maximum absolute atomic E-state index is 13.9. The largest absolute Gasteiger partial charge is 0.479 e. The Balaban J connectivity index is 1.45. The normalized spacial score (nSPS) is 18.8. The number of anilines is 1. The molecule has 1 spiro atoms. The van der Waals surface area contributed by atoms with Crippen molar-refractivity contribution in [3.05, 3.63) is 59.4 Å². The summed E-state index contributed by atoms with van der Waals surface area (Å²) in [6, 6.07) is 8.07. The number of hydrogen-bond acceptors (Lipinski definition) is 7. The van der Waals surface area contributed by atoms with Crippen LogP contribution >= 0.6 is 23.4 Å². The first-order chi connectivity index (χ1) is 18.6.